The highest BCUT2D eigenvalue weighted by Gasteiger charge is 2.23. The number of thiazole rings is 1. The highest BCUT2D eigenvalue weighted by Crippen LogP contribution is 2.25. The SMILES string of the molecule is Nc1cccc2c1CCN(C(=O)c1cncs1)C2. The van der Waals surface area contributed by atoms with Crippen molar-refractivity contribution in [2.45, 2.75) is 13.0 Å². The van der Waals surface area contributed by atoms with E-state index in [1.54, 1.807) is 11.7 Å². The number of carbonyl (C=O) groups excluding carboxylic acids is 1. The Morgan fingerprint density at radius 3 is 3.11 bits per heavy atom. The van der Waals surface area contributed by atoms with E-state index >= 15 is 0 Å². The number of nitrogen functional groups attached to an aromatic ring is 1. The van der Waals surface area contributed by atoms with Crippen LogP contribution in [0.2, 0.25) is 0 Å². The summed E-state index contributed by atoms with van der Waals surface area (Å²) in [4.78, 5) is 18.7. The van der Waals surface area contributed by atoms with Crippen LogP contribution >= 0.6 is 11.3 Å². The number of nitrogens with two attached hydrogens (primary N) is 1. The molecule has 1 aliphatic rings. The van der Waals surface area contributed by atoms with Crippen LogP contribution in [0.15, 0.2) is 29.9 Å². The summed E-state index contributed by atoms with van der Waals surface area (Å²) in [7, 11) is 0. The topological polar surface area (TPSA) is 59.2 Å². The van der Waals surface area contributed by atoms with Gasteiger partial charge in [-0.25, -0.2) is 0 Å². The van der Waals surface area contributed by atoms with E-state index in [4.69, 9.17) is 5.73 Å². The molecule has 0 saturated heterocycles. The summed E-state index contributed by atoms with van der Waals surface area (Å²) in [6.07, 6.45) is 2.45. The molecule has 18 heavy (non-hydrogen) atoms. The van der Waals surface area contributed by atoms with Crippen LogP contribution in [0.1, 0.15) is 20.8 Å². The molecule has 1 aliphatic heterocycles. The zero-order chi connectivity index (χ0) is 12.5. The van der Waals surface area contributed by atoms with Crippen molar-refractivity contribution in [2.75, 3.05) is 12.3 Å². The molecule has 92 valence electrons. The van der Waals surface area contributed by atoms with Gasteiger partial charge < -0.3 is 10.6 Å². The lowest BCUT2D eigenvalue weighted by Crippen LogP contribution is -2.35. The Balaban J connectivity index is 1.85. The third-order valence-electron chi connectivity index (χ3n) is 3.23. The number of rotatable bonds is 1. The molecule has 0 aliphatic carbocycles. The van der Waals surface area contributed by atoms with Crippen LogP contribution in [0, 0.1) is 0 Å². The molecule has 1 aromatic carbocycles. The predicted molar refractivity (Wildman–Crippen MR) is 71.4 cm³/mol. The van der Waals surface area contributed by atoms with Gasteiger partial charge in [-0.1, -0.05) is 12.1 Å². The molecule has 0 saturated carbocycles. The highest BCUT2D eigenvalue weighted by molar-refractivity contribution is 7.11. The van der Waals surface area contributed by atoms with E-state index in [0.717, 1.165) is 24.2 Å². The van der Waals surface area contributed by atoms with Gasteiger partial charge in [-0.05, 0) is 23.6 Å². The molecular weight excluding hydrogens is 246 g/mol. The summed E-state index contributed by atoms with van der Waals surface area (Å²) >= 11 is 1.38. The average Bonchev–Trinajstić information content (AvgIpc) is 2.91. The molecule has 0 bridgehead atoms. The van der Waals surface area contributed by atoms with E-state index in [1.807, 2.05) is 23.1 Å². The van der Waals surface area contributed by atoms with Crippen LogP contribution in [-0.4, -0.2) is 22.3 Å². The molecule has 0 fully saturated rings. The maximum atomic E-state index is 12.2. The van der Waals surface area contributed by atoms with Crippen LogP contribution in [0.3, 0.4) is 0 Å². The highest BCUT2D eigenvalue weighted by atomic mass is 32.1. The van der Waals surface area contributed by atoms with E-state index < -0.39 is 0 Å². The smallest absolute Gasteiger partial charge is 0.265 e. The number of hydrogen-bond acceptors (Lipinski definition) is 4. The van der Waals surface area contributed by atoms with Crippen molar-refractivity contribution in [2.24, 2.45) is 0 Å². The molecule has 0 atom stereocenters. The quantitative estimate of drug-likeness (QED) is 0.796. The number of amides is 1. The largest absolute Gasteiger partial charge is 0.398 e. The number of anilines is 1. The molecule has 0 spiro atoms. The minimum atomic E-state index is 0.0607. The first-order valence-electron chi connectivity index (χ1n) is 5.79. The predicted octanol–water partition coefficient (Wildman–Crippen LogP) is 1.92. The normalized spacial score (nSPS) is 14.3. The van der Waals surface area contributed by atoms with E-state index in [-0.39, 0.29) is 5.91 Å². The Hall–Kier alpha value is -1.88. The van der Waals surface area contributed by atoms with Crippen LogP contribution in [0.25, 0.3) is 0 Å². The first-order chi connectivity index (χ1) is 8.75. The van der Waals surface area contributed by atoms with Crippen molar-refractivity contribution < 1.29 is 4.79 Å². The second-order valence-electron chi connectivity index (χ2n) is 4.33. The molecule has 5 heteroatoms. The van der Waals surface area contributed by atoms with Gasteiger partial charge in [-0.3, -0.25) is 9.78 Å². The molecule has 1 amide bonds. The van der Waals surface area contributed by atoms with Gasteiger partial charge >= 0.3 is 0 Å². The van der Waals surface area contributed by atoms with Crippen molar-refractivity contribution >= 4 is 22.9 Å². The Morgan fingerprint density at radius 1 is 1.44 bits per heavy atom. The number of benzene rings is 1. The van der Waals surface area contributed by atoms with E-state index in [2.05, 4.69) is 4.98 Å². The summed E-state index contributed by atoms with van der Waals surface area (Å²) in [5.74, 6) is 0.0607. The lowest BCUT2D eigenvalue weighted by Gasteiger charge is -2.29. The minimum Gasteiger partial charge on any atom is -0.398 e. The minimum absolute atomic E-state index is 0.0607. The summed E-state index contributed by atoms with van der Waals surface area (Å²) in [5.41, 5.74) is 10.8. The fourth-order valence-electron chi connectivity index (χ4n) is 2.29. The van der Waals surface area contributed by atoms with Gasteiger partial charge in [-0.2, -0.15) is 0 Å². The van der Waals surface area contributed by atoms with Crippen LogP contribution in [0.4, 0.5) is 5.69 Å². The van der Waals surface area contributed by atoms with Gasteiger partial charge in [0.25, 0.3) is 5.91 Å². The van der Waals surface area contributed by atoms with Gasteiger partial charge in [0.1, 0.15) is 4.88 Å². The maximum Gasteiger partial charge on any atom is 0.265 e. The van der Waals surface area contributed by atoms with Crippen molar-refractivity contribution in [3.05, 3.63) is 45.9 Å². The first-order valence-corrected chi connectivity index (χ1v) is 6.67. The molecule has 0 radical (unpaired) electrons. The summed E-state index contributed by atoms with van der Waals surface area (Å²) in [5, 5.41) is 0. The Morgan fingerprint density at radius 2 is 2.33 bits per heavy atom. The van der Waals surface area contributed by atoms with Gasteiger partial charge in [0, 0.05) is 18.8 Å². The van der Waals surface area contributed by atoms with Gasteiger partial charge in [0.15, 0.2) is 0 Å². The van der Waals surface area contributed by atoms with E-state index in [9.17, 15) is 4.79 Å². The lowest BCUT2D eigenvalue weighted by atomic mass is 9.98. The van der Waals surface area contributed by atoms with Crippen LogP contribution in [0.5, 0.6) is 0 Å². The third kappa shape index (κ3) is 1.86. The van der Waals surface area contributed by atoms with Gasteiger partial charge in [0.2, 0.25) is 0 Å². The fourth-order valence-corrected chi connectivity index (χ4v) is 2.88. The number of hydrogen-bond donors (Lipinski definition) is 1. The van der Waals surface area contributed by atoms with Gasteiger partial charge in [0.05, 0.1) is 11.7 Å². The molecule has 2 N–H and O–H groups in total. The fraction of sp³-hybridized carbons (Fsp3) is 0.231. The number of aromatic nitrogens is 1. The Labute approximate surface area is 109 Å². The standard InChI is InChI=1S/C13H13N3OS/c14-11-3-1-2-9-7-16(5-4-10(9)11)13(17)12-6-15-8-18-12/h1-3,6,8H,4-5,7,14H2. The molecule has 0 unspecified atom stereocenters. The molecule has 3 rings (SSSR count). The number of carbonyl (C=O) groups is 1. The number of nitrogens with zero attached hydrogens (tertiary/aromatic N) is 2. The molecule has 2 heterocycles. The van der Waals surface area contributed by atoms with Crippen molar-refractivity contribution in [3.63, 3.8) is 0 Å². The summed E-state index contributed by atoms with van der Waals surface area (Å²) in [6.45, 7) is 1.36. The number of fused-ring (bicyclic) bond motifs is 1. The second kappa shape index (κ2) is 4.42. The monoisotopic (exact) mass is 259 g/mol. The zero-order valence-corrected chi connectivity index (χ0v) is 10.6. The van der Waals surface area contributed by atoms with Crippen molar-refractivity contribution in [1.82, 2.24) is 9.88 Å². The molecular formula is C13H13N3OS. The molecule has 2 aromatic rings. The maximum absolute atomic E-state index is 12.2. The second-order valence-corrected chi connectivity index (χ2v) is 5.21. The van der Waals surface area contributed by atoms with Crippen LogP contribution < -0.4 is 5.73 Å². The Kier molecular flexibility index (Phi) is 2.76. The summed E-state index contributed by atoms with van der Waals surface area (Å²) < 4.78 is 0. The lowest BCUT2D eigenvalue weighted by molar-refractivity contribution is 0.0739. The van der Waals surface area contributed by atoms with E-state index in [0.29, 0.717) is 11.4 Å². The van der Waals surface area contributed by atoms with Crippen LogP contribution in [-0.2, 0) is 13.0 Å². The Bertz CT molecular complexity index is 580. The molecule has 1 aromatic heterocycles. The van der Waals surface area contributed by atoms with Gasteiger partial charge in [-0.15, -0.1) is 11.3 Å². The van der Waals surface area contributed by atoms with Crippen molar-refractivity contribution in [1.29, 1.82) is 0 Å². The van der Waals surface area contributed by atoms with Crippen molar-refractivity contribution in [3.8, 4) is 0 Å². The zero-order valence-electron chi connectivity index (χ0n) is 9.80. The van der Waals surface area contributed by atoms with E-state index in [1.165, 1.54) is 16.9 Å². The average molecular weight is 259 g/mol. The summed E-state index contributed by atoms with van der Waals surface area (Å²) in [6, 6.07) is 5.89. The third-order valence-corrected chi connectivity index (χ3v) is 3.99. The molecule has 4 nitrogen and oxygen atoms in total. The first kappa shape index (κ1) is 11.2.